The van der Waals surface area contributed by atoms with Gasteiger partial charge in [-0.3, -0.25) is 0 Å². The number of carbonyl (C=O) groups is 1. The van der Waals surface area contributed by atoms with Crippen molar-refractivity contribution in [3.63, 3.8) is 0 Å². The van der Waals surface area contributed by atoms with Crippen LogP contribution in [0.5, 0.6) is 5.75 Å². The number of benzene rings is 1. The number of aromatic nitrogens is 3. The van der Waals surface area contributed by atoms with Gasteiger partial charge in [0.05, 0.1) is 30.5 Å². The molecule has 7 nitrogen and oxygen atoms in total. The van der Waals surface area contributed by atoms with E-state index in [2.05, 4.69) is 14.8 Å². The van der Waals surface area contributed by atoms with Crippen molar-refractivity contribution in [3.8, 4) is 22.9 Å². The molecule has 126 valence electrons. The highest BCUT2D eigenvalue weighted by Gasteiger charge is 2.21. The molecule has 2 heterocycles. The third-order valence-electron chi connectivity index (χ3n) is 3.24. The zero-order valence-corrected chi connectivity index (χ0v) is 14.7. The summed E-state index contributed by atoms with van der Waals surface area (Å²) in [5.41, 5.74) is 1.34. The quantitative estimate of drug-likeness (QED) is 0.471. The van der Waals surface area contributed by atoms with Crippen molar-refractivity contribution in [3.05, 3.63) is 45.3 Å². The highest BCUT2D eigenvalue weighted by atomic mass is 35.5. The smallest absolute Gasteiger partial charge is 0.437 e. The first-order valence-electron chi connectivity index (χ1n) is 6.64. The first-order chi connectivity index (χ1) is 12.0. The molecule has 0 fully saturated rings. The Morgan fingerprint density at radius 1 is 1.32 bits per heavy atom. The molecule has 2 aromatic heterocycles. The molecule has 0 saturated heterocycles. The van der Waals surface area contributed by atoms with E-state index in [1.54, 1.807) is 12.1 Å². The number of carbonyl (C=O) groups excluding carboxylic acids is 1. The molecule has 0 spiro atoms. The van der Waals surface area contributed by atoms with E-state index in [1.165, 1.54) is 23.9 Å². The lowest BCUT2D eigenvalue weighted by atomic mass is 10.1. The molecule has 0 N–H and O–H groups in total. The van der Waals surface area contributed by atoms with Crippen LogP contribution in [0.1, 0.15) is 5.56 Å². The van der Waals surface area contributed by atoms with Crippen LogP contribution in [0.4, 0.5) is 4.79 Å². The summed E-state index contributed by atoms with van der Waals surface area (Å²) in [5, 5.41) is 13.4. The monoisotopic (exact) mass is 396 g/mol. The second kappa shape index (κ2) is 6.76. The third-order valence-corrected chi connectivity index (χ3v) is 4.18. The summed E-state index contributed by atoms with van der Waals surface area (Å²) in [4.78, 5) is 15.4. The van der Waals surface area contributed by atoms with E-state index in [4.69, 9.17) is 44.8 Å². The summed E-state index contributed by atoms with van der Waals surface area (Å²) < 4.78 is 10.6. The summed E-state index contributed by atoms with van der Waals surface area (Å²) in [6.45, 7) is 0. The average Bonchev–Trinajstić information content (AvgIpc) is 2.98. The van der Waals surface area contributed by atoms with Crippen LogP contribution in [0.3, 0.4) is 0 Å². The summed E-state index contributed by atoms with van der Waals surface area (Å²) in [6.07, 6.45) is 0.328. The van der Waals surface area contributed by atoms with Gasteiger partial charge < -0.3 is 9.47 Å². The molecule has 0 radical (unpaired) electrons. The number of halogens is 3. The Morgan fingerprint density at radius 2 is 2.08 bits per heavy atom. The van der Waals surface area contributed by atoms with Gasteiger partial charge >= 0.3 is 6.16 Å². The van der Waals surface area contributed by atoms with E-state index in [0.717, 1.165) is 0 Å². The number of hydrogen-bond acceptors (Lipinski definition) is 6. The van der Waals surface area contributed by atoms with Crippen molar-refractivity contribution < 1.29 is 14.3 Å². The molecule has 25 heavy (non-hydrogen) atoms. The summed E-state index contributed by atoms with van der Waals surface area (Å²) in [6, 6.07) is 6.66. The second-order valence-electron chi connectivity index (χ2n) is 4.68. The number of ether oxygens (including phenoxy) is 2. The van der Waals surface area contributed by atoms with E-state index in [0.29, 0.717) is 16.7 Å². The minimum absolute atomic E-state index is 0.0272. The molecule has 0 atom stereocenters. The fourth-order valence-electron chi connectivity index (χ4n) is 2.13. The molecule has 0 amide bonds. The molecule has 0 aliphatic rings. The second-order valence-corrected chi connectivity index (χ2v) is 5.80. The molecule has 1 aromatic carbocycles. The zero-order valence-electron chi connectivity index (χ0n) is 12.5. The molecule has 0 saturated carbocycles. The SMILES string of the molecule is COC(=O)Oc1cnn2c(Cl)c(-c3ccc(C#N)cc3Cl)c(Cl)nc12. The Bertz CT molecular complexity index is 1040. The largest absolute Gasteiger partial charge is 0.513 e. The summed E-state index contributed by atoms with van der Waals surface area (Å²) in [7, 11) is 1.17. The summed E-state index contributed by atoms with van der Waals surface area (Å²) in [5.74, 6) is 0.0353. The van der Waals surface area contributed by atoms with E-state index >= 15 is 0 Å². The van der Waals surface area contributed by atoms with Gasteiger partial charge in [-0.2, -0.15) is 14.9 Å². The molecular formula is C15H7Cl3N4O3. The lowest BCUT2D eigenvalue weighted by molar-refractivity contribution is 0.122. The van der Waals surface area contributed by atoms with Gasteiger partial charge in [-0.1, -0.05) is 40.9 Å². The number of hydrogen-bond donors (Lipinski definition) is 0. The standard InChI is InChI=1S/C15H7Cl3N4O3/c1-24-15(23)25-10-6-20-22-13(18)11(12(17)21-14(10)22)8-3-2-7(5-19)4-9(8)16/h2-4,6H,1H3. The first-order valence-corrected chi connectivity index (χ1v) is 7.78. The van der Waals surface area contributed by atoms with E-state index in [9.17, 15) is 4.79 Å². The Morgan fingerprint density at radius 3 is 2.72 bits per heavy atom. The molecule has 0 unspecified atom stereocenters. The van der Waals surface area contributed by atoms with Crippen molar-refractivity contribution in [2.24, 2.45) is 0 Å². The van der Waals surface area contributed by atoms with Gasteiger partial charge in [0.2, 0.25) is 5.65 Å². The number of methoxy groups -OCH3 is 1. The van der Waals surface area contributed by atoms with E-state index in [1.807, 2.05) is 6.07 Å². The van der Waals surface area contributed by atoms with Crippen molar-refractivity contribution in [1.29, 1.82) is 5.26 Å². The topological polar surface area (TPSA) is 89.5 Å². The van der Waals surface area contributed by atoms with Crippen molar-refractivity contribution in [2.45, 2.75) is 0 Å². The lowest BCUT2D eigenvalue weighted by Crippen LogP contribution is -2.07. The van der Waals surface area contributed by atoms with Crippen LogP contribution in [-0.4, -0.2) is 27.9 Å². The molecule has 3 rings (SSSR count). The first kappa shape index (κ1) is 17.3. The Hall–Kier alpha value is -2.53. The van der Waals surface area contributed by atoms with Crippen LogP contribution < -0.4 is 4.74 Å². The average molecular weight is 398 g/mol. The van der Waals surface area contributed by atoms with Crippen molar-refractivity contribution in [2.75, 3.05) is 7.11 Å². The fourth-order valence-corrected chi connectivity index (χ4v) is 3.04. The predicted molar refractivity (Wildman–Crippen MR) is 91.2 cm³/mol. The van der Waals surface area contributed by atoms with Crippen LogP contribution in [0.25, 0.3) is 16.8 Å². The molecular weight excluding hydrogens is 391 g/mol. The normalized spacial score (nSPS) is 10.5. The molecule has 0 bridgehead atoms. The number of rotatable bonds is 2. The Balaban J connectivity index is 2.19. The third kappa shape index (κ3) is 3.07. The van der Waals surface area contributed by atoms with Crippen LogP contribution in [0.2, 0.25) is 15.3 Å². The fraction of sp³-hybridized carbons (Fsp3) is 0.0667. The Labute approximate surface area is 156 Å². The van der Waals surface area contributed by atoms with E-state index < -0.39 is 6.16 Å². The maximum atomic E-state index is 11.3. The predicted octanol–water partition coefficient (Wildman–Crippen LogP) is 4.37. The highest BCUT2D eigenvalue weighted by molar-refractivity contribution is 6.40. The van der Waals surface area contributed by atoms with Gasteiger partial charge in [0.1, 0.15) is 10.3 Å². The maximum absolute atomic E-state index is 11.3. The van der Waals surface area contributed by atoms with Crippen LogP contribution in [-0.2, 0) is 4.74 Å². The maximum Gasteiger partial charge on any atom is 0.513 e. The van der Waals surface area contributed by atoms with Crippen LogP contribution >= 0.6 is 34.8 Å². The zero-order chi connectivity index (χ0) is 18.1. The number of nitrogens with zero attached hydrogens (tertiary/aromatic N) is 4. The minimum atomic E-state index is -0.928. The van der Waals surface area contributed by atoms with Crippen molar-refractivity contribution >= 4 is 46.6 Å². The molecule has 10 heteroatoms. The van der Waals surface area contributed by atoms with Crippen LogP contribution in [0.15, 0.2) is 24.4 Å². The Kier molecular flexibility index (Phi) is 4.68. The minimum Gasteiger partial charge on any atom is -0.437 e. The summed E-state index contributed by atoms with van der Waals surface area (Å²) >= 11 is 18.9. The van der Waals surface area contributed by atoms with Gasteiger partial charge in [-0.15, -0.1) is 0 Å². The van der Waals surface area contributed by atoms with Crippen molar-refractivity contribution in [1.82, 2.24) is 14.6 Å². The molecule has 3 aromatic rings. The highest BCUT2D eigenvalue weighted by Crippen LogP contribution is 2.39. The van der Waals surface area contributed by atoms with Gasteiger partial charge in [-0.25, -0.2) is 9.78 Å². The molecule has 0 aliphatic carbocycles. The molecule has 0 aliphatic heterocycles. The van der Waals surface area contributed by atoms with Gasteiger partial charge in [0, 0.05) is 10.6 Å². The lowest BCUT2D eigenvalue weighted by Gasteiger charge is -2.10. The van der Waals surface area contributed by atoms with Gasteiger partial charge in [-0.05, 0) is 12.1 Å². The van der Waals surface area contributed by atoms with Crippen LogP contribution in [0, 0.1) is 11.3 Å². The number of fused-ring (bicyclic) bond motifs is 1. The van der Waals surface area contributed by atoms with Gasteiger partial charge in [0.15, 0.2) is 5.75 Å². The van der Waals surface area contributed by atoms with Gasteiger partial charge in [0.25, 0.3) is 0 Å². The number of nitriles is 1. The van der Waals surface area contributed by atoms with E-state index in [-0.39, 0.29) is 26.7 Å².